The van der Waals surface area contributed by atoms with E-state index in [2.05, 4.69) is 0 Å². The number of nitrogens with zero attached hydrogens (tertiary/aromatic N) is 1. The normalized spacial score (nSPS) is 21.3. The molecule has 0 aliphatic carbocycles. The lowest BCUT2D eigenvalue weighted by Crippen LogP contribution is -2.30. The van der Waals surface area contributed by atoms with Gasteiger partial charge in [0.15, 0.2) is 0 Å². The lowest BCUT2D eigenvalue weighted by Gasteiger charge is -2.26. The number of benzene rings is 1. The highest BCUT2D eigenvalue weighted by molar-refractivity contribution is 7.86. The third-order valence-corrected chi connectivity index (χ3v) is 4.90. The van der Waals surface area contributed by atoms with Gasteiger partial charge in [-0.15, -0.1) is 0 Å². The zero-order valence-corrected chi connectivity index (χ0v) is 14.7. The zero-order chi connectivity index (χ0) is 17.2. The highest BCUT2D eigenvalue weighted by Gasteiger charge is 2.37. The zero-order valence-electron chi connectivity index (χ0n) is 13.9. The summed E-state index contributed by atoms with van der Waals surface area (Å²) in [5.74, 6) is 0.655. The molecule has 0 radical (unpaired) electrons. The van der Waals surface area contributed by atoms with Gasteiger partial charge >= 0.3 is 0 Å². The molecule has 0 spiro atoms. The van der Waals surface area contributed by atoms with Gasteiger partial charge in [0.25, 0.3) is 10.1 Å². The quantitative estimate of drug-likeness (QED) is 0.740. The van der Waals surface area contributed by atoms with Gasteiger partial charge in [-0.1, -0.05) is 12.1 Å². The van der Waals surface area contributed by atoms with E-state index in [-0.39, 0.29) is 17.9 Å². The Hall–Kier alpha value is -1.60. The van der Waals surface area contributed by atoms with Gasteiger partial charge in [0.1, 0.15) is 5.75 Å². The molecule has 2 rings (SSSR count). The van der Waals surface area contributed by atoms with Gasteiger partial charge in [-0.2, -0.15) is 8.42 Å². The van der Waals surface area contributed by atoms with Crippen LogP contribution in [0.1, 0.15) is 31.9 Å². The maximum atomic E-state index is 12.3. The van der Waals surface area contributed by atoms with E-state index in [9.17, 15) is 13.2 Å². The van der Waals surface area contributed by atoms with Crippen molar-refractivity contribution in [1.82, 2.24) is 4.90 Å². The molecule has 1 amide bonds. The highest BCUT2D eigenvalue weighted by atomic mass is 32.2. The number of carbonyl (C=O) groups excluding carboxylic acids is 1. The maximum absolute atomic E-state index is 12.3. The van der Waals surface area contributed by atoms with E-state index in [0.717, 1.165) is 17.6 Å². The van der Waals surface area contributed by atoms with Crippen molar-refractivity contribution in [2.75, 3.05) is 19.9 Å². The molecular weight excluding hydrogens is 318 g/mol. The van der Waals surface area contributed by atoms with E-state index < -0.39 is 16.2 Å². The first-order chi connectivity index (χ1) is 10.7. The monoisotopic (exact) mass is 341 g/mol. The van der Waals surface area contributed by atoms with Crippen LogP contribution in [-0.4, -0.2) is 45.2 Å². The number of hydrogen-bond acceptors (Lipinski definition) is 5. The van der Waals surface area contributed by atoms with E-state index in [4.69, 9.17) is 8.92 Å². The van der Waals surface area contributed by atoms with E-state index in [1.807, 2.05) is 31.2 Å². The molecule has 128 valence electrons. The summed E-state index contributed by atoms with van der Waals surface area (Å²) >= 11 is 0. The van der Waals surface area contributed by atoms with Crippen molar-refractivity contribution in [2.24, 2.45) is 5.92 Å². The van der Waals surface area contributed by atoms with Gasteiger partial charge < -0.3 is 9.64 Å². The summed E-state index contributed by atoms with van der Waals surface area (Å²) in [4.78, 5) is 14.1. The molecule has 0 aromatic heterocycles. The summed E-state index contributed by atoms with van der Waals surface area (Å²) < 4.78 is 32.6. The molecule has 0 bridgehead atoms. The minimum Gasteiger partial charge on any atom is -0.497 e. The van der Waals surface area contributed by atoms with E-state index in [1.165, 1.54) is 0 Å². The van der Waals surface area contributed by atoms with Crippen molar-refractivity contribution in [3.8, 4) is 5.75 Å². The number of hydrogen-bond donors (Lipinski definition) is 0. The van der Waals surface area contributed by atoms with Crippen molar-refractivity contribution in [1.29, 1.82) is 0 Å². The molecular formula is C16H23NO5S. The topological polar surface area (TPSA) is 72.9 Å². The van der Waals surface area contributed by atoms with Crippen LogP contribution in [0.25, 0.3) is 0 Å². The Morgan fingerprint density at radius 3 is 2.35 bits per heavy atom. The summed E-state index contributed by atoms with van der Waals surface area (Å²) in [5.41, 5.74) is 1.01. The first kappa shape index (κ1) is 17.7. The van der Waals surface area contributed by atoms with Gasteiger partial charge in [-0.3, -0.25) is 8.98 Å². The van der Waals surface area contributed by atoms with Crippen LogP contribution in [0.15, 0.2) is 24.3 Å². The molecule has 1 aromatic carbocycles. The van der Waals surface area contributed by atoms with Crippen LogP contribution in [0, 0.1) is 5.92 Å². The van der Waals surface area contributed by atoms with Crippen LogP contribution in [0.4, 0.5) is 0 Å². The molecule has 1 fully saturated rings. The minimum atomic E-state index is -3.52. The van der Waals surface area contributed by atoms with Gasteiger partial charge in [0.2, 0.25) is 5.91 Å². The average Bonchev–Trinajstić information content (AvgIpc) is 2.87. The number of ether oxygens (including phenoxy) is 1. The van der Waals surface area contributed by atoms with Gasteiger partial charge in [-0.05, 0) is 31.5 Å². The Kier molecular flexibility index (Phi) is 5.31. The van der Waals surface area contributed by atoms with E-state index in [0.29, 0.717) is 13.0 Å². The Morgan fingerprint density at radius 2 is 1.83 bits per heavy atom. The number of methoxy groups -OCH3 is 1. The fraction of sp³-hybridized carbons (Fsp3) is 0.562. The molecule has 0 saturated carbocycles. The standard InChI is InChI=1S/C16H23NO5S/c1-11(13-5-7-15(21-3)8-6-13)17-10-14(9-16(17)18)12(2)22-23(4,19)20/h5-8,11-12,14H,9-10H2,1-4H3/t11-,12?,14?/m1/s1. The molecule has 1 aliphatic rings. The number of amides is 1. The largest absolute Gasteiger partial charge is 0.497 e. The van der Waals surface area contributed by atoms with Gasteiger partial charge in [-0.25, -0.2) is 0 Å². The molecule has 0 N–H and O–H groups in total. The molecule has 1 saturated heterocycles. The van der Waals surface area contributed by atoms with E-state index in [1.54, 1.807) is 18.9 Å². The lowest BCUT2D eigenvalue weighted by molar-refractivity contribution is -0.129. The van der Waals surface area contributed by atoms with E-state index >= 15 is 0 Å². The molecule has 1 aliphatic heterocycles. The van der Waals surface area contributed by atoms with Gasteiger partial charge in [0.05, 0.1) is 25.5 Å². The molecule has 1 heterocycles. The summed E-state index contributed by atoms with van der Waals surface area (Å²) in [6, 6.07) is 7.50. The summed E-state index contributed by atoms with van der Waals surface area (Å²) in [6.07, 6.45) is 0.817. The van der Waals surface area contributed by atoms with Crippen molar-refractivity contribution in [3.05, 3.63) is 29.8 Å². The fourth-order valence-electron chi connectivity index (χ4n) is 2.87. The molecule has 2 unspecified atom stereocenters. The average molecular weight is 341 g/mol. The molecule has 1 aromatic rings. The first-order valence-electron chi connectivity index (χ1n) is 7.53. The Labute approximate surface area is 137 Å². The number of likely N-dealkylation sites (tertiary alicyclic amines) is 1. The first-order valence-corrected chi connectivity index (χ1v) is 9.34. The minimum absolute atomic E-state index is 0.0160. The van der Waals surface area contributed by atoms with Crippen LogP contribution < -0.4 is 4.74 Å². The van der Waals surface area contributed by atoms with Crippen molar-refractivity contribution < 1.29 is 22.1 Å². The lowest BCUT2D eigenvalue weighted by atomic mass is 10.0. The Morgan fingerprint density at radius 1 is 1.22 bits per heavy atom. The maximum Gasteiger partial charge on any atom is 0.264 e. The van der Waals surface area contributed by atoms with Crippen LogP contribution in [-0.2, 0) is 19.1 Å². The predicted molar refractivity (Wildman–Crippen MR) is 86.6 cm³/mol. The molecule has 6 nitrogen and oxygen atoms in total. The van der Waals surface area contributed by atoms with Crippen molar-refractivity contribution in [2.45, 2.75) is 32.4 Å². The SMILES string of the molecule is COc1ccc([C@@H](C)N2CC(C(C)OS(C)(=O)=O)CC2=O)cc1. The van der Waals surface area contributed by atoms with Crippen LogP contribution in [0.3, 0.4) is 0 Å². The van der Waals surface area contributed by atoms with Crippen LogP contribution in [0.5, 0.6) is 5.75 Å². The summed E-state index contributed by atoms with van der Waals surface area (Å²) in [5, 5.41) is 0. The molecule has 23 heavy (non-hydrogen) atoms. The molecule has 3 atom stereocenters. The van der Waals surface area contributed by atoms with Crippen molar-refractivity contribution in [3.63, 3.8) is 0 Å². The third kappa shape index (κ3) is 4.45. The Bertz CT molecular complexity index is 656. The Balaban J connectivity index is 2.06. The molecule has 7 heteroatoms. The second kappa shape index (κ2) is 6.88. The summed E-state index contributed by atoms with van der Waals surface area (Å²) in [6.45, 7) is 4.15. The second-order valence-corrected chi connectivity index (χ2v) is 7.57. The van der Waals surface area contributed by atoms with Crippen molar-refractivity contribution >= 4 is 16.0 Å². The van der Waals surface area contributed by atoms with Crippen LogP contribution >= 0.6 is 0 Å². The predicted octanol–water partition coefficient (Wildman–Crippen LogP) is 1.97. The summed E-state index contributed by atoms with van der Waals surface area (Å²) in [7, 11) is -1.91. The van der Waals surface area contributed by atoms with Gasteiger partial charge in [0, 0.05) is 18.9 Å². The smallest absolute Gasteiger partial charge is 0.264 e. The second-order valence-electron chi connectivity index (χ2n) is 5.96. The highest BCUT2D eigenvalue weighted by Crippen LogP contribution is 2.31. The third-order valence-electron chi connectivity index (χ3n) is 4.24. The number of rotatable bonds is 6. The number of carbonyl (C=O) groups is 1. The fourth-order valence-corrected chi connectivity index (χ4v) is 3.57. The van der Waals surface area contributed by atoms with Crippen LogP contribution in [0.2, 0.25) is 0 Å².